The monoisotopic (exact) mass is 263 g/mol. The van der Waals surface area contributed by atoms with Crippen LogP contribution in [0, 0.1) is 0 Å². The summed E-state index contributed by atoms with van der Waals surface area (Å²) in [7, 11) is 0. The molecule has 98 valence electrons. The maximum absolute atomic E-state index is 6.12. The van der Waals surface area contributed by atoms with Crippen LogP contribution in [0.2, 0.25) is 0 Å². The van der Waals surface area contributed by atoms with Crippen molar-refractivity contribution in [2.75, 3.05) is 6.61 Å². The molecule has 1 aromatic rings. The van der Waals surface area contributed by atoms with Crippen LogP contribution in [0.25, 0.3) is 0 Å². The van der Waals surface area contributed by atoms with E-state index < -0.39 is 0 Å². The number of hydrogen-bond donors (Lipinski definition) is 1. The summed E-state index contributed by atoms with van der Waals surface area (Å²) >= 11 is 1.96. The third-order valence-corrected chi connectivity index (χ3v) is 5.25. The quantitative estimate of drug-likeness (QED) is 0.910. The van der Waals surface area contributed by atoms with Gasteiger partial charge < -0.3 is 10.5 Å². The lowest BCUT2D eigenvalue weighted by Gasteiger charge is -2.29. The maximum atomic E-state index is 6.12. The van der Waals surface area contributed by atoms with Crippen molar-refractivity contribution in [1.82, 2.24) is 0 Å². The molecule has 18 heavy (non-hydrogen) atoms. The highest BCUT2D eigenvalue weighted by Crippen LogP contribution is 2.37. The van der Waals surface area contributed by atoms with Crippen LogP contribution >= 0.6 is 11.8 Å². The highest BCUT2D eigenvalue weighted by Gasteiger charge is 2.26. The number of hydrogen-bond acceptors (Lipinski definition) is 3. The summed E-state index contributed by atoms with van der Waals surface area (Å²) in [6.45, 7) is 0.845. The standard InChI is InChI=1S/C15H21NOS/c16-13-6-2-3-7-14(13)17-10-12-9-11-5-1-4-8-15(11)18-12/h1,4-5,8,12-14H,2-3,6-7,9-10,16H2. The molecule has 1 aromatic carbocycles. The first-order valence-corrected chi connectivity index (χ1v) is 7.82. The number of benzene rings is 1. The van der Waals surface area contributed by atoms with Gasteiger partial charge in [0.15, 0.2) is 0 Å². The highest BCUT2D eigenvalue weighted by molar-refractivity contribution is 8.00. The molecule has 0 bridgehead atoms. The highest BCUT2D eigenvalue weighted by atomic mass is 32.2. The second-order valence-electron chi connectivity index (χ2n) is 5.37. The predicted octanol–water partition coefficient (Wildman–Crippen LogP) is 2.99. The zero-order valence-electron chi connectivity index (χ0n) is 10.7. The molecule has 3 unspecified atom stereocenters. The van der Waals surface area contributed by atoms with E-state index in [0.29, 0.717) is 11.4 Å². The van der Waals surface area contributed by atoms with Gasteiger partial charge in [-0.15, -0.1) is 11.8 Å². The number of nitrogens with two attached hydrogens (primary N) is 1. The van der Waals surface area contributed by atoms with Gasteiger partial charge in [-0.25, -0.2) is 0 Å². The molecule has 1 saturated carbocycles. The Balaban J connectivity index is 1.51. The molecule has 2 nitrogen and oxygen atoms in total. The van der Waals surface area contributed by atoms with Crippen molar-refractivity contribution >= 4 is 11.8 Å². The normalized spacial score (nSPS) is 31.3. The van der Waals surface area contributed by atoms with E-state index >= 15 is 0 Å². The van der Waals surface area contributed by atoms with Crippen molar-refractivity contribution in [3.05, 3.63) is 29.8 Å². The van der Waals surface area contributed by atoms with Crippen molar-refractivity contribution in [2.24, 2.45) is 5.73 Å². The van der Waals surface area contributed by atoms with Gasteiger partial charge in [0.05, 0.1) is 12.7 Å². The smallest absolute Gasteiger partial charge is 0.0726 e. The van der Waals surface area contributed by atoms with E-state index in [4.69, 9.17) is 10.5 Å². The summed E-state index contributed by atoms with van der Waals surface area (Å²) in [5.74, 6) is 0. The molecule has 0 spiro atoms. The first-order chi connectivity index (χ1) is 8.83. The largest absolute Gasteiger partial charge is 0.375 e. The lowest BCUT2D eigenvalue weighted by atomic mass is 9.93. The molecule has 0 radical (unpaired) electrons. The van der Waals surface area contributed by atoms with Gasteiger partial charge in [-0.2, -0.15) is 0 Å². The lowest BCUT2D eigenvalue weighted by Crippen LogP contribution is -2.40. The molecule has 0 amide bonds. The second-order valence-corrected chi connectivity index (χ2v) is 6.71. The number of ether oxygens (including phenoxy) is 1. The van der Waals surface area contributed by atoms with Gasteiger partial charge in [0, 0.05) is 16.2 Å². The Morgan fingerprint density at radius 1 is 1.22 bits per heavy atom. The van der Waals surface area contributed by atoms with Crippen LogP contribution in [0.3, 0.4) is 0 Å². The average molecular weight is 263 g/mol. The van der Waals surface area contributed by atoms with Crippen LogP contribution in [0.4, 0.5) is 0 Å². The molecule has 0 aromatic heterocycles. The molecule has 1 heterocycles. The molecular weight excluding hydrogens is 242 g/mol. The van der Waals surface area contributed by atoms with Crippen LogP contribution in [-0.4, -0.2) is 24.0 Å². The van der Waals surface area contributed by atoms with Gasteiger partial charge in [-0.05, 0) is 30.9 Å². The molecule has 1 aliphatic carbocycles. The summed E-state index contributed by atoms with van der Waals surface area (Å²) in [6, 6.07) is 8.94. The second kappa shape index (κ2) is 5.64. The van der Waals surface area contributed by atoms with Crippen LogP contribution in [0.15, 0.2) is 29.2 Å². The fraction of sp³-hybridized carbons (Fsp3) is 0.600. The van der Waals surface area contributed by atoms with Gasteiger partial charge in [0.2, 0.25) is 0 Å². The number of fused-ring (bicyclic) bond motifs is 1. The Morgan fingerprint density at radius 3 is 2.89 bits per heavy atom. The van der Waals surface area contributed by atoms with E-state index in [0.717, 1.165) is 25.9 Å². The molecule has 2 N–H and O–H groups in total. The van der Waals surface area contributed by atoms with Gasteiger partial charge in [0.1, 0.15) is 0 Å². The van der Waals surface area contributed by atoms with E-state index in [1.807, 2.05) is 11.8 Å². The minimum Gasteiger partial charge on any atom is -0.375 e. The van der Waals surface area contributed by atoms with E-state index in [-0.39, 0.29) is 6.04 Å². The van der Waals surface area contributed by atoms with Crippen molar-refractivity contribution in [1.29, 1.82) is 0 Å². The summed E-state index contributed by atoms with van der Waals surface area (Å²) in [5.41, 5.74) is 7.59. The van der Waals surface area contributed by atoms with Gasteiger partial charge in [0.25, 0.3) is 0 Å². The van der Waals surface area contributed by atoms with Crippen molar-refractivity contribution in [3.63, 3.8) is 0 Å². The van der Waals surface area contributed by atoms with Crippen LogP contribution in [0.5, 0.6) is 0 Å². The first kappa shape index (κ1) is 12.5. The minimum absolute atomic E-state index is 0.257. The third-order valence-electron chi connectivity index (χ3n) is 3.96. The number of thioether (sulfide) groups is 1. The average Bonchev–Trinajstić information content (AvgIpc) is 2.80. The number of rotatable bonds is 3. The van der Waals surface area contributed by atoms with Crippen molar-refractivity contribution in [2.45, 2.75) is 54.4 Å². The molecule has 3 rings (SSSR count). The maximum Gasteiger partial charge on any atom is 0.0726 e. The topological polar surface area (TPSA) is 35.2 Å². The van der Waals surface area contributed by atoms with E-state index in [1.54, 1.807) is 0 Å². The van der Waals surface area contributed by atoms with Crippen molar-refractivity contribution in [3.8, 4) is 0 Å². The fourth-order valence-corrected chi connectivity index (χ4v) is 4.14. The minimum atomic E-state index is 0.257. The molecule has 3 heteroatoms. The van der Waals surface area contributed by atoms with Gasteiger partial charge in [-0.3, -0.25) is 0 Å². The fourth-order valence-electron chi connectivity index (χ4n) is 2.91. The third kappa shape index (κ3) is 2.73. The Morgan fingerprint density at radius 2 is 2.06 bits per heavy atom. The van der Waals surface area contributed by atoms with Crippen LogP contribution < -0.4 is 5.73 Å². The Labute approximate surface area is 113 Å². The molecule has 1 aliphatic heterocycles. The first-order valence-electron chi connectivity index (χ1n) is 6.94. The Bertz CT molecular complexity index is 384. The van der Waals surface area contributed by atoms with Gasteiger partial charge >= 0.3 is 0 Å². The molecule has 2 aliphatic rings. The van der Waals surface area contributed by atoms with E-state index in [1.165, 1.54) is 23.3 Å². The van der Waals surface area contributed by atoms with Crippen LogP contribution in [-0.2, 0) is 11.2 Å². The molecular formula is C15H21NOS. The Kier molecular flexibility index (Phi) is 3.92. The zero-order chi connectivity index (χ0) is 12.4. The summed E-state index contributed by atoms with van der Waals surface area (Å²) in [6.07, 6.45) is 6.25. The van der Waals surface area contributed by atoms with E-state index in [2.05, 4.69) is 24.3 Å². The Hall–Kier alpha value is -0.510. The zero-order valence-corrected chi connectivity index (χ0v) is 11.5. The summed E-state index contributed by atoms with van der Waals surface area (Å²) < 4.78 is 6.06. The molecule has 0 saturated heterocycles. The van der Waals surface area contributed by atoms with Gasteiger partial charge in [-0.1, -0.05) is 31.0 Å². The predicted molar refractivity (Wildman–Crippen MR) is 76.0 cm³/mol. The molecule has 1 fully saturated rings. The summed E-state index contributed by atoms with van der Waals surface area (Å²) in [5, 5.41) is 0.580. The lowest BCUT2D eigenvalue weighted by molar-refractivity contribution is 0.0163. The molecule has 3 atom stereocenters. The van der Waals surface area contributed by atoms with Crippen LogP contribution in [0.1, 0.15) is 31.2 Å². The van der Waals surface area contributed by atoms with Crippen molar-refractivity contribution < 1.29 is 4.74 Å². The summed E-state index contributed by atoms with van der Waals surface area (Å²) in [4.78, 5) is 1.43. The SMILES string of the molecule is NC1CCCCC1OCC1Cc2ccccc2S1. The van der Waals surface area contributed by atoms with E-state index in [9.17, 15) is 0 Å².